The fourth-order valence-electron chi connectivity index (χ4n) is 4.69. The van der Waals surface area contributed by atoms with Crippen molar-refractivity contribution >= 4 is 20.8 Å². The first kappa shape index (κ1) is 17.9. The number of piperidine rings is 2. The number of nitrogens with zero attached hydrogens (tertiary/aromatic N) is 2. The van der Waals surface area contributed by atoms with Crippen LogP contribution in [0.1, 0.15) is 19.3 Å². The Hall–Kier alpha value is -1.47. The second-order valence-electron chi connectivity index (χ2n) is 7.74. The van der Waals surface area contributed by atoms with Crippen molar-refractivity contribution in [1.29, 1.82) is 0 Å². The highest BCUT2D eigenvalue weighted by atomic mass is 32.2. The molecule has 1 N–H and O–H groups in total. The summed E-state index contributed by atoms with van der Waals surface area (Å²) in [6.45, 7) is 2.01. The lowest BCUT2D eigenvalue weighted by atomic mass is 9.69. The molecule has 4 rings (SSSR count). The van der Waals surface area contributed by atoms with E-state index in [0.29, 0.717) is 24.4 Å². The van der Waals surface area contributed by atoms with Gasteiger partial charge in [-0.05, 0) is 55.8 Å². The Morgan fingerprint density at radius 1 is 1.12 bits per heavy atom. The third-order valence-electron chi connectivity index (χ3n) is 6.33. The van der Waals surface area contributed by atoms with Crippen molar-refractivity contribution in [3.8, 4) is 0 Å². The molecule has 0 radical (unpaired) electrons. The van der Waals surface area contributed by atoms with E-state index in [0.717, 1.165) is 30.2 Å². The standard InChI is InChI=1S/C20H26N2O3S/c1-21-11-4-9-20(15-23)10-12-22(14-19(20)21)26(24,25)18-8-7-16-5-2-3-6-17(16)13-18/h2-3,5-8,13,19,23H,4,9-12,14-15H2,1H3/t19-,20-/m1/s1. The molecular weight excluding hydrogens is 348 g/mol. The lowest BCUT2D eigenvalue weighted by Gasteiger charge is -2.53. The Kier molecular flexibility index (Phi) is 4.55. The largest absolute Gasteiger partial charge is 0.396 e. The highest BCUT2D eigenvalue weighted by Crippen LogP contribution is 2.42. The summed E-state index contributed by atoms with van der Waals surface area (Å²) in [4.78, 5) is 2.58. The molecule has 2 aliphatic heterocycles. The third kappa shape index (κ3) is 2.85. The molecule has 0 saturated carbocycles. The Labute approximate surface area is 155 Å². The van der Waals surface area contributed by atoms with Gasteiger partial charge < -0.3 is 10.0 Å². The maximum absolute atomic E-state index is 13.2. The van der Waals surface area contributed by atoms with Gasteiger partial charge in [-0.15, -0.1) is 0 Å². The molecule has 2 aromatic carbocycles. The van der Waals surface area contributed by atoms with Gasteiger partial charge in [0.05, 0.1) is 11.5 Å². The second-order valence-corrected chi connectivity index (χ2v) is 9.68. The summed E-state index contributed by atoms with van der Waals surface area (Å²) in [6.07, 6.45) is 2.75. The molecule has 140 valence electrons. The minimum atomic E-state index is -3.54. The molecule has 2 aromatic rings. The van der Waals surface area contributed by atoms with Crippen molar-refractivity contribution in [3.63, 3.8) is 0 Å². The number of likely N-dealkylation sites (N-methyl/N-ethyl adjacent to an activating group) is 1. The van der Waals surface area contributed by atoms with Crippen LogP contribution in [-0.2, 0) is 10.0 Å². The Morgan fingerprint density at radius 3 is 2.65 bits per heavy atom. The van der Waals surface area contributed by atoms with E-state index in [9.17, 15) is 13.5 Å². The second kappa shape index (κ2) is 6.60. The van der Waals surface area contributed by atoms with Gasteiger partial charge in [0.1, 0.15) is 0 Å². The molecule has 2 saturated heterocycles. The Morgan fingerprint density at radius 2 is 1.88 bits per heavy atom. The molecule has 2 heterocycles. The summed E-state index contributed by atoms with van der Waals surface area (Å²) >= 11 is 0. The van der Waals surface area contributed by atoms with E-state index in [4.69, 9.17) is 0 Å². The predicted octanol–water partition coefficient (Wildman–Crippen LogP) is 2.31. The number of fused-ring (bicyclic) bond motifs is 2. The first-order valence-electron chi connectivity index (χ1n) is 9.26. The number of benzene rings is 2. The minimum absolute atomic E-state index is 0.0743. The van der Waals surface area contributed by atoms with Gasteiger partial charge in [0, 0.05) is 24.5 Å². The van der Waals surface area contributed by atoms with Crippen molar-refractivity contribution in [3.05, 3.63) is 42.5 Å². The van der Waals surface area contributed by atoms with Crippen LogP contribution in [0.3, 0.4) is 0 Å². The van der Waals surface area contributed by atoms with E-state index in [1.807, 2.05) is 37.4 Å². The van der Waals surface area contributed by atoms with Crippen molar-refractivity contribution in [1.82, 2.24) is 9.21 Å². The number of aliphatic hydroxyl groups is 1. The van der Waals surface area contributed by atoms with E-state index in [1.165, 1.54) is 0 Å². The van der Waals surface area contributed by atoms with Crippen LogP contribution in [0.2, 0.25) is 0 Å². The minimum Gasteiger partial charge on any atom is -0.396 e. The van der Waals surface area contributed by atoms with Gasteiger partial charge in [0.25, 0.3) is 0 Å². The number of rotatable bonds is 3. The number of hydrogen-bond donors (Lipinski definition) is 1. The highest BCUT2D eigenvalue weighted by Gasteiger charge is 2.48. The maximum Gasteiger partial charge on any atom is 0.243 e. The van der Waals surface area contributed by atoms with Gasteiger partial charge in [-0.3, -0.25) is 0 Å². The molecule has 2 fully saturated rings. The molecular formula is C20H26N2O3S. The molecule has 0 amide bonds. The Balaban J connectivity index is 1.65. The van der Waals surface area contributed by atoms with Crippen LogP contribution in [-0.4, -0.2) is 62.1 Å². The summed E-state index contributed by atoms with van der Waals surface area (Å²) in [5.74, 6) is 0. The van der Waals surface area contributed by atoms with Gasteiger partial charge in [-0.25, -0.2) is 8.42 Å². The van der Waals surface area contributed by atoms with Crippen LogP contribution in [0.5, 0.6) is 0 Å². The van der Waals surface area contributed by atoms with Crippen LogP contribution in [0.25, 0.3) is 10.8 Å². The number of likely N-dealkylation sites (tertiary alicyclic amines) is 1. The van der Waals surface area contributed by atoms with Crippen LogP contribution in [0.15, 0.2) is 47.4 Å². The van der Waals surface area contributed by atoms with E-state index in [2.05, 4.69) is 4.90 Å². The fraction of sp³-hybridized carbons (Fsp3) is 0.500. The molecule has 0 aliphatic carbocycles. The van der Waals surface area contributed by atoms with Gasteiger partial charge >= 0.3 is 0 Å². The van der Waals surface area contributed by atoms with Crippen LogP contribution in [0, 0.1) is 5.41 Å². The zero-order valence-electron chi connectivity index (χ0n) is 15.1. The fourth-order valence-corrected chi connectivity index (χ4v) is 6.17. The van der Waals surface area contributed by atoms with Crippen molar-refractivity contribution in [2.75, 3.05) is 33.3 Å². The van der Waals surface area contributed by atoms with Crippen LogP contribution in [0.4, 0.5) is 0 Å². The zero-order chi connectivity index (χ0) is 18.4. The average Bonchev–Trinajstić information content (AvgIpc) is 2.67. The third-order valence-corrected chi connectivity index (χ3v) is 8.19. The molecule has 0 spiro atoms. The number of sulfonamides is 1. The molecule has 0 unspecified atom stereocenters. The SMILES string of the molecule is CN1CCC[C@]2(CO)CCN(S(=O)(=O)c3ccc4ccccc4c3)C[C@@H]12. The number of hydrogen-bond acceptors (Lipinski definition) is 4. The first-order valence-corrected chi connectivity index (χ1v) is 10.7. The zero-order valence-corrected chi connectivity index (χ0v) is 16.0. The monoisotopic (exact) mass is 374 g/mol. The highest BCUT2D eigenvalue weighted by molar-refractivity contribution is 7.89. The van der Waals surface area contributed by atoms with Crippen LogP contribution < -0.4 is 0 Å². The van der Waals surface area contributed by atoms with Gasteiger partial charge in [-0.1, -0.05) is 30.3 Å². The lowest BCUT2D eigenvalue weighted by molar-refractivity contribution is -0.0508. The summed E-state index contributed by atoms with van der Waals surface area (Å²) in [6, 6.07) is 13.2. The molecule has 6 heteroatoms. The van der Waals surface area contributed by atoms with Gasteiger partial charge in [0.2, 0.25) is 10.0 Å². The van der Waals surface area contributed by atoms with E-state index >= 15 is 0 Å². The lowest BCUT2D eigenvalue weighted by Crippen LogP contribution is -2.62. The van der Waals surface area contributed by atoms with E-state index < -0.39 is 10.0 Å². The number of aliphatic hydroxyl groups excluding tert-OH is 1. The first-order chi connectivity index (χ1) is 12.5. The van der Waals surface area contributed by atoms with E-state index in [1.54, 1.807) is 16.4 Å². The summed E-state index contributed by atoms with van der Waals surface area (Å²) in [5, 5.41) is 12.0. The molecule has 2 aliphatic rings. The summed E-state index contributed by atoms with van der Waals surface area (Å²) < 4.78 is 28.1. The van der Waals surface area contributed by atoms with E-state index in [-0.39, 0.29) is 18.1 Å². The molecule has 26 heavy (non-hydrogen) atoms. The normalized spacial score (nSPS) is 28.2. The Bertz CT molecular complexity index is 914. The van der Waals surface area contributed by atoms with Gasteiger partial charge in [-0.2, -0.15) is 4.31 Å². The molecule has 0 bridgehead atoms. The molecule has 5 nitrogen and oxygen atoms in total. The molecule has 0 aromatic heterocycles. The smallest absolute Gasteiger partial charge is 0.243 e. The van der Waals surface area contributed by atoms with Crippen molar-refractivity contribution < 1.29 is 13.5 Å². The van der Waals surface area contributed by atoms with Crippen LogP contribution >= 0.6 is 0 Å². The van der Waals surface area contributed by atoms with Crippen molar-refractivity contribution in [2.45, 2.75) is 30.2 Å². The quantitative estimate of drug-likeness (QED) is 0.896. The average molecular weight is 375 g/mol. The topological polar surface area (TPSA) is 60.9 Å². The summed E-state index contributed by atoms with van der Waals surface area (Å²) in [7, 11) is -1.50. The molecule has 2 atom stereocenters. The predicted molar refractivity (Wildman–Crippen MR) is 102 cm³/mol. The van der Waals surface area contributed by atoms with Gasteiger partial charge in [0.15, 0.2) is 0 Å². The maximum atomic E-state index is 13.2. The van der Waals surface area contributed by atoms with Crippen molar-refractivity contribution in [2.24, 2.45) is 5.41 Å². The summed E-state index contributed by atoms with van der Waals surface area (Å²) in [5.41, 5.74) is -0.164.